The lowest BCUT2D eigenvalue weighted by Crippen LogP contribution is -2.38. The average molecular weight is 548 g/mol. The molecule has 1 fully saturated rings. The molecule has 1 saturated heterocycles. The number of rotatable bonds is 6. The Kier molecular flexibility index (Phi) is 8.82. The number of aromatic nitrogens is 3. The fourth-order valence-corrected chi connectivity index (χ4v) is 5.04. The number of hydrogen-bond acceptors (Lipinski definition) is 8. The van der Waals surface area contributed by atoms with Crippen LogP contribution >= 0.6 is 0 Å². The monoisotopic (exact) mass is 547 g/mol. The van der Waals surface area contributed by atoms with Crippen molar-refractivity contribution < 1.29 is 9.53 Å². The lowest BCUT2D eigenvalue weighted by atomic mass is 9.97. The topological polar surface area (TPSA) is 116 Å². The maximum Gasteiger partial charge on any atom is 0.262 e. The van der Waals surface area contributed by atoms with Gasteiger partial charge in [0.05, 0.1) is 5.69 Å². The van der Waals surface area contributed by atoms with Gasteiger partial charge < -0.3 is 15.4 Å². The molecule has 0 saturated carbocycles. The Morgan fingerprint density at radius 1 is 1.02 bits per heavy atom. The Hall–Kier alpha value is -4.81. The van der Waals surface area contributed by atoms with Crippen LogP contribution in [0.15, 0.2) is 72.9 Å². The number of nitriles is 1. The molecule has 4 heterocycles. The first kappa shape index (κ1) is 27.7. The lowest BCUT2D eigenvalue weighted by molar-refractivity contribution is -0.118. The first-order chi connectivity index (χ1) is 20.1. The van der Waals surface area contributed by atoms with Gasteiger partial charge in [0.15, 0.2) is 6.61 Å². The molecule has 0 radical (unpaired) electrons. The molecule has 6 rings (SSSR count). The Morgan fingerprint density at radius 2 is 1.78 bits per heavy atom. The zero-order chi connectivity index (χ0) is 28.6. The number of pyridine rings is 1. The highest BCUT2D eigenvalue weighted by atomic mass is 16.5. The van der Waals surface area contributed by atoms with Gasteiger partial charge in [-0.25, -0.2) is 15.0 Å². The van der Waals surface area contributed by atoms with E-state index in [-0.39, 0.29) is 18.3 Å². The number of nitrogens with zero attached hydrogens (tertiary/aromatic N) is 5. The van der Waals surface area contributed by atoms with Crippen LogP contribution in [-0.4, -0.2) is 51.5 Å². The maximum absolute atomic E-state index is 11.9. The number of carbonyl (C=O) groups excluding carboxylic acids is 1. The smallest absolute Gasteiger partial charge is 0.262 e. The summed E-state index contributed by atoms with van der Waals surface area (Å²) in [4.78, 5) is 27.3. The van der Waals surface area contributed by atoms with Crippen LogP contribution in [0.1, 0.15) is 38.1 Å². The minimum Gasteiger partial charge on any atom is -0.466 e. The van der Waals surface area contributed by atoms with Crippen LogP contribution in [0.4, 0.5) is 11.5 Å². The number of piperidine rings is 1. The highest BCUT2D eigenvalue weighted by Crippen LogP contribution is 2.38. The Bertz CT molecular complexity index is 1530. The Balaban J connectivity index is 0.00000165. The van der Waals surface area contributed by atoms with Gasteiger partial charge in [0.1, 0.15) is 17.6 Å². The van der Waals surface area contributed by atoms with E-state index < -0.39 is 0 Å². The number of carbonyl (C=O) groups is 1. The number of nitrogens with one attached hydrogen (secondary N) is 2. The molecule has 2 N–H and O–H groups in total. The van der Waals surface area contributed by atoms with E-state index in [1.807, 2.05) is 56.3 Å². The summed E-state index contributed by atoms with van der Waals surface area (Å²) in [5.41, 5.74) is 5.60. The van der Waals surface area contributed by atoms with Crippen molar-refractivity contribution in [2.75, 3.05) is 30.3 Å². The summed E-state index contributed by atoms with van der Waals surface area (Å²) < 4.78 is 5.61. The van der Waals surface area contributed by atoms with E-state index >= 15 is 0 Å². The van der Waals surface area contributed by atoms with Crippen molar-refractivity contribution in [1.82, 2.24) is 19.9 Å². The predicted molar refractivity (Wildman–Crippen MR) is 159 cm³/mol. The normalized spacial score (nSPS) is 14.9. The zero-order valence-electron chi connectivity index (χ0n) is 23.3. The van der Waals surface area contributed by atoms with Gasteiger partial charge >= 0.3 is 0 Å². The molecule has 2 aliphatic heterocycles. The number of benzene rings is 2. The number of ether oxygens (including phenoxy) is 1. The first-order valence-corrected chi connectivity index (χ1v) is 14.0. The fraction of sp³-hybridized carbons (Fsp3) is 0.281. The molecule has 1 amide bonds. The molecule has 41 heavy (non-hydrogen) atoms. The van der Waals surface area contributed by atoms with Crippen LogP contribution in [0.3, 0.4) is 0 Å². The second kappa shape index (κ2) is 13.0. The van der Waals surface area contributed by atoms with E-state index in [1.54, 1.807) is 12.3 Å². The molecule has 0 bridgehead atoms. The number of likely N-dealkylation sites (tertiary alicyclic amines) is 1. The van der Waals surface area contributed by atoms with Crippen molar-refractivity contribution in [3.63, 3.8) is 0 Å². The van der Waals surface area contributed by atoms with Crippen molar-refractivity contribution in [1.29, 1.82) is 5.26 Å². The van der Waals surface area contributed by atoms with Crippen LogP contribution < -0.4 is 15.4 Å². The van der Waals surface area contributed by atoms with Gasteiger partial charge in [-0.15, -0.1) is 0 Å². The van der Waals surface area contributed by atoms with Crippen molar-refractivity contribution in [2.45, 2.75) is 39.3 Å². The van der Waals surface area contributed by atoms with Gasteiger partial charge in [-0.1, -0.05) is 68.4 Å². The third-order valence-corrected chi connectivity index (χ3v) is 7.02. The molecule has 0 aliphatic carbocycles. The molecular weight excluding hydrogens is 514 g/mol. The van der Waals surface area contributed by atoms with Gasteiger partial charge in [0.25, 0.3) is 5.91 Å². The van der Waals surface area contributed by atoms with Crippen molar-refractivity contribution in [2.24, 2.45) is 0 Å². The van der Waals surface area contributed by atoms with E-state index in [0.717, 1.165) is 54.9 Å². The standard InChI is InChI=1S/C30H27N7O2.C2H6/c31-17-27-32-13-10-26(35-27)33-23-11-14-37(15-12-23)18-20-6-8-22(9-7-20)29-24(21-4-2-1-3-5-21)16-25-30(36-29)39-19-28(38)34-25;1-2/h1-10,13,16,23H,11-12,14-15,18-19H2,(H,34,38)(H,32,33,35);1-2H3. The molecule has 208 valence electrons. The van der Waals surface area contributed by atoms with Crippen molar-refractivity contribution >= 4 is 17.4 Å². The van der Waals surface area contributed by atoms with E-state index in [1.165, 1.54) is 5.56 Å². The fourth-order valence-electron chi connectivity index (χ4n) is 5.04. The molecule has 0 spiro atoms. The molecule has 0 atom stereocenters. The first-order valence-electron chi connectivity index (χ1n) is 14.0. The summed E-state index contributed by atoms with van der Waals surface area (Å²) in [6.07, 6.45) is 3.61. The van der Waals surface area contributed by atoms with E-state index in [4.69, 9.17) is 15.0 Å². The highest BCUT2D eigenvalue weighted by molar-refractivity contribution is 5.97. The molecule has 2 aliphatic rings. The second-order valence-corrected chi connectivity index (χ2v) is 9.71. The minimum absolute atomic E-state index is 0.0325. The van der Waals surface area contributed by atoms with Gasteiger partial charge in [-0.3, -0.25) is 9.69 Å². The number of amides is 1. The van der Waals surface area contributed by atoms with Crippen molar-refractivity contribution in [3.8, 4) is 34.3 Å². The lowest BCUT2D eigenvalue weighted by Gasteiger charge is -2.32. The van der Waals surface area contributed by atoms with E-state index in [0.29, 0.717) is 23.4 Å². The van der Waals surface area contributed by atoms with Crippen LogP contribution in [0.25, 0.3) is 22.4 Å². The molecule has 9 heteroatoms. The second-order valence-electron chi connectivity index (χ2n) is 9.71. The summed E-state index contributed by atoms with van der Waals surface area (Å²) in [6.45, 7) is 6.79. The van der Waals surface area contributed by atoms with Crippen LogP contribution in [-0.2, 0) is 11.3 Å². The quantitative estimate of drug-likeness (QED) is 0.325. The average Bonchev–Trinajstić information content (AvgIpc) is 3.03. The summed E-state index contributed by atoms with van der Waals surface area (Å²) in [5, 5.41) is 15.3. The largest absolute Gasteiger partial charge is 0.466 e. The predicted octanol–water partition coefficient (Wildman–Crippen LogP) is 5.51. The Labute approximate surface area is 240 Å². The number of anilines is 2. The zero-order valence-corrected chi connectivity index (χ0v) is 23.3. The van der Waals surface area contributed by atoms with Crippen LogP contribution in [0.2, 0.25) is 0 Å². The SMILES string of the molecule is CC.N#Cc1nccc(NC2CCN(Cc3ccc(-c4nc5c(cc4-c4ccccc4)NC(=O)CO5)cc3)CC2)n1. The van der Waals surface area contributed by atoms with E-state index in [2.05, 4.69) is 49.8 Å². The van der Waals surface area contributed by atoms with Crippen molar-refractivity contribution in [3.05, 3.63) is 84.3 Å². The third-order valence-electron chi connectivity index (χ3n) is 7.02. The molecular formula is C32H33N7O2. The van der Waals surface area contributed by atoms with Gasteiger partial charge in [0, 0.05) is 43.0 Å². The van der Waals surface area contributed by atoms with Gasteiger partial charge in [-0.05, 0) is 36.1 Å². The van der Waals surface area contributed by atoms with E-state index in [9.17, 15) is 4.79 Å². The van der Waals surface area contributed by atoms with Gasteiger partial charge in [-0.2, -0.15) is 5.26 Å². The summed E-state index contributed by atoms with van der Waals surface area (Å²) >= 11 is 0. The van der Waals surface area contributed by atoms with Crippen LogP contribution in [0.5, 0.6) is 5.88 Å². The summed E-state index contributed by atoms with van der Waals surface area (Å²) in [6, 6.07) is 24.6. The molecule has 2 aromatic carbocycles. The summed E-state index contributed by atoms with van der Waals surface area (Å²) in [7, 11) is 0. The highest BCUT2D eigenvalue weighted by Gasteiger charge is 2.22. The van der Waals surface area contributed by atoms with Crippen LogP contribution in [0, 0.1) is 11.3 Å². The minimum atomic E-state index is -0.178. The molecule has 4 aromatic rings. The molecule has 9 nitrogen and oxygen atoms in total. The maximum atomic E-state index is 11.9. The molecule has 0 unspecified atom stereocenters. The Morgan fingerprint density at radius 3 is 2.51 bits per heavy atom. The molecule has 2 aromatic heterocycles. The van der Waals surface area contributed by atoms with Gasteiger partial charge in [0.2, 0.25) is 11.7 Å². The third kappa shape index (κ3) is 6.68. The number of hydrogen-bond donors (Lipinski definition) is 2. The number of fused-ring (bicyclic) bond motifs is 1. The summed E-state index contributed by atoms with van der Waals surface area (Å²) in [5.74, 6) is 1.15.